The molecule has 8 heteroatoms. The lowest BCUT2D eigenvalue weighted by Gasteiger charge is -2.07. The lowest BCUT2D eigenvalue weighted by atomic mass is 10.2. The van der Waals surface area contributed by atoms with Gasteiger partial charge in [-0.25, -0.2) is 13.1 Å². The molecule has 0 fully saturated rings. The fraction of sp³-hybridized carbons (Fsp3) is 0. The Balaban J connectivity index is 2.24. The van der Waals surface area contributed by atoms with Crippen molar-refractivity contribution in [3.63, 3.8) is 0 Å². The van der Waals surface area contributed by atoms with Crippen LogP contribution in [0.1, 0.15) is 20.7 Å². The first-order valence-corrected chi connectivity index (χ1v) is 7.88. The predicted octanol–water partition coefficient (Wildman–Crippen LogP) is 1.56. The number of benzene rings is 2. The van der Waals surface area contributed by atoms with Crippen LogP contribution in [0.3, 0.4) is 0 Å². The van der Waals surface area contributed by atoms with Crippen molar-refractivity contribution in [2.45, 2.75) is 4.90 Å². The third-order valence-electron chi connectivity index (χ3n) is 2.76. The lowest BCUT2D eigenvalue weighted by Crippen LogP contribution is -2.30. The Morgan fingerprint density at radius 3 is 2.18 bits per heavy atom. The summed E-state index contributed by atoms with van der Waals surface area (Å²) in [5.74, 6) is -1.48. The van der Waals surface area contributed by atoms with Crippen molar-refractivity contribution in [1.29, 1.82) is 0 Å². The van der Waals surface area contributed by atoms with Gasteiger partial charge in [-0.2, -0.15) is 0 Å². The highest BCUT2D eigenvalue weighted by atomic mass is 35.5. The zero-order valence-corrected chi connectivity index (χ0v) is 12.7. The van der Waals surface area contributed by atoms with Gasteiger partial charge >= 0.3 is 0 Å². The summed E-state index contributed by atoms with van der Waals surface area (Å²) in [6.07, 6.45) is 0. The van der Waals surface area contributed by atoms with E-state index in [2.05, 4.69) is 0 Å². The van der Waals surface area contributed by atoms with E-state index in [4.69, 9.17) is 17.3 Å². The molecule has 0 aromatic heterocycles. The number of nitrogens with two attached hydrogens (primary N) is 1. The molecule has 0 saturated heterocycles. The van der Waals surface area contributed by atoms with Crippen LogP contribution in [0, 0.1) is 0 Å². The zero-order valence-electron chi connectivity index (χ0n) is 11.1. The standard InChI is InChI=1S/C14H11ClN2O4S/c15-11-3-1-2-10(8-11)14(19)17-22(20,21)12-6-4-9(5-7-12)13(16)18/h1-8H,(H2,16,18)(H,17,19). The van der Waals surface area contributed by atoms with Crippen molar-refractivity contribution in [2.24, 2.45) is 5.73 Å². The highest BCUT2D eigenvalue weighted by Gasteiger charge is 2.19. The number of amides is 2. The van der Waals surface area contributed by atoms with E-state index in [0.29, 0.717) is 5.02 Å². The third kappa shape index (κ3) is 3.63. The van der Waals surface area contributed by atoms with Crippen molar-refractivity contribution in [1.82, 2.24) is 4.72 Å². The maximum absolute atomic E-state index is 12.1. The molecule has 0 spiro atoms. The van der Waals surface area contributed by atoms with Crippen LogP contribution in [0.4, 0.5) is 0 Å². The highest BCUT2D eigenvalue weighted by molar-refractivity contribution is 7.90. The van der Waals surface area contributed by atoms with Gasteiger partial charge in [0.05, 0.1) is 4.90 Å². The number of hydrogen-bond acceptors (Lipinski definition) is 4. The fourth-order valence-electron chi connectivity index (χ4n) is 1.67. The maximum Gasteiger partial charge on any atom is 0.265 e. The van der Waals surface area contributed by atoms with Gasteiger partial charge in [0.2, 0.25) is 5.91 Å². The molecular weight excluding hydrogens is 328 g/mol. The minimum atomic E-state index is -4.06. The molecule has 0 bridgehead atoms. The van der Waals surface area contributed by atoms with E-state index in [1.807, 2.05) is 4.72 Å². The van der Waals surface area contributed by atoms with Gasteiger partial charge in [-0.1, -0.05) is 17.7 Å². The Kier molecular flexibility index (Phi) is 4.48. The molecule has 2 amide bonds. The van der Waals surface area contributed by atoms with Crippen LogP contribution in [0.15, 0.2) is 53.4 Å². The quantitative estimate of drug-likeness (QED) is 0.882. The van der Waals surface area contributed by atoms with Crippen molar-refractivity contribution >= 4 is 33.4 Å². The first-order chi connectivity index (χ1) is 10.3. The van der Waals surface area contributed by atoms with Gasteiger partial charge in [0.25, 0.3) is 15.9 Å². The van der Waals surface area contributed by atoms with E-state index in [1.54, 1.807) is 6.07 Å². The average Bonchev–Trinajstić information content (AvgIpc) is 2.47. The number of halogens is 1. The molecule has 0 radical (unpaired) electrons. The minimum absolute atomic E-state index is 0.116. The monoisotopic (exact) mass is 338 g/mol. The first kappa shape index (κ1) is 16.0. The number of hydrogen-bond donors (Lipinski definition) is 2. The molecular formula is C14H11ClN2O4S. The minimum Gasteiger partial charge on any atom is -0.366 e. The Bertz CT molecular complexity index is 832. The molecule has 0 saturated carbocycles. The Hall–Kier alpha value is -2.38. The van der Waals surface area contributed by atoms with Crippen molar-refractivity contribution < 1.29 is 18.0 Å². The van der Waals surface area contributed by atoms with Crippen LogP contribution in [0.25, 0.3) is 0 Å². The average molecular weight is 339 g/mol. The van der Waals surface area contributed by atoms with E-state index >= 15 is 0 Å². The Morgan fingerprint density at radius 1 is 1.00 bits per heavy atom. The number of carbonyl (C=O) groups is 2. The fourth-order valence-corrected chi connectivity index (χ4v) is 2.83. The predicted molar refractivity (Wildman–Crippen MR) is 81.1 cm³/mol. The number of primary amides is 1. The van der Waals surface area contributed by atoms with Crippen molar-refractivity contribution in [3.05, 3.63) is 64.7 Å². The molecule has 0 atom stereocenters. The summed E-state index contributed by atoms with van der Waals surface area (Å²) in [5, 5.41) is 0.316. The van der Waals surface area contributed by atoms with E-state index in [1.165, 1.54) is 42.5 Å². The van der Waals surface area contributed by atoms with Gasteiger partial charge in [-0.3, -0.25) is 9.59 Å². The van der Waals surface area contributed by atoms with Gasteiger partial charge in [0, 0.05) is 16.1 Å². The molecule has 2 aromatic rings. The van der Waals surface area contributed by atoms with Crippen molar-refractivity contribution in [3.8, 4) is 0 Å². The topological polar surface area (TPSA) is 106 Å². The highest BCUT2D eigenvalue weighted by Crippen LogP contribution is 2.13. The van der Waals surface area contributed by atoms with Crippen molar-refractivity contribution in [2.75, 3.05) is 0 Å². The van der Waals surface area contributed by atoms with Gasteiger partial charge < -0.3 is 5.73 Å². The molecule has 0 aliphatic carbocycles. The lowest BCUT2D eigenvalue weighted by molar-refractivity contribution is 0.0977. The maximum atomic E-state index is 12.1. The second-order valence-corrected chi connectivity index (χ2v) is 6.45. The smallest absolute Gasteiger partial charge is 0.265 e. The summed E-state index contributed by atoms with van der Waals surface area (Å²) < 4.78 is 26.1. The number of sulfonamides is 1. The van der Waals surface area contributed by atoms with Crippen LogP contribution in [-0.4, -0.2) is 20.2 Å². The summed E-state index contributed by atoms with van der Waals surface area (Å²) in [5.41, 5.74) is 5.36. The van der Waals surface area contributed by atoms with E-state index < -0.39 is 21.8 Å². The van der Waals surface area contributed by atoms with Crippen LogP contribution in [0.5, 0.6) is 0 Å². The van der Waals surface area contributed by atoms with E-state index in [-0.39, 0.29) is 16.0 Å². The third-order valence-corrected chi connectivity index (χ3v) is 4.34. The van der Waals surface area contributed by atoms with Crippen LogP contribution >= 0.6 is 11.6 Å². The Morgan fingerprint density at radius 2 is 1.64 bits per heavy atom. The van der Waals surface area contributed by atoms with E-state index in [9.17, 15) is 18.0 Å². The van der Waals surface area contributed by atoms with Gasteiger partial charge in [-0.05, 0) is 42.5 Å². The van der Waals surface area contributed by atoms with Crippen LogP contribution < -0.4 is 10.5 Å². The number of rotatable bonds is 4. The summed E-state index contributed by atoms with van der Waals surface area (Å²) in [6.45, 7) is 0. The largest absolute Gasteiger partial charge is 0.366 e. The second kappa shape index (κ2) is 6.17. The summed E-state index contributed by atoms with van der Waals surface area (Å²) in [4.78, 5) is 22.7. The molecule has 0 aliphatic rings. The van der Waals surface area contributed by atoms with Crippen LogP contribution in [0.2, 0.25) is 5.02 Å². The summed E-state index contributed by atoms with van der Waals surface area (Å²) >= 11 is 5.75. The Labute approximate surface area is 131 Å². The van der Waals surface area contributed by atoms with Gasteiger partial charge in [0.1, 0.15) is 0 Å². The molecule has 0 heterocycles. The number of nitrogens with one attached hydrogen (secondary N) is 1. The molecule has 0 aliphatic heterocycles. The summed E-state index contributed by atoms with van der Waals surface area (Å²) in [7, 11) is -4.06. The second-order valence-electron chi connectivity index (χ2n) is 4.33. The normalized spacial score (nSPS) is 11.0. The molecule has 0 unspecified atom stereocenters. The zero-order chi connectivity index (χ0) is 16.3. The number of carbonyl (C=O) groups excluding carboxylic acids is 2. The van der Waals surface area contributed by atoms with Gasteiger partial charge in [0.15, 0.2) is 0 Å². The SMILES string of the molecule is NC(=O)c1ccc(S(=O)(=O)NC(=O)c2cccc(Cl)c2)cc1. The molecule has 2 aromatic carbocycles. The molecule has 114 valence electrons. The molecule has 6 nitrogen and oxygen atoms in total. The van der Waals surface area contributed by atoms with Crippen LogP contribution in [-0.2, 0) is 10.0 Å². The first-order valence-electron chi connectivity index (χ1n) is 6.02. The van der Waals surface area contributed by atoms with E-state index in [0.717, 1.165) is 0 Å². The molecule has 3 N–H and O–H groups in total. The van der Waals surface area contributed by atoms with Gasteiger partial charge in [-0.15, -0.1) is 0 Å². The molecule has 2 rings (SSSR count). The molecule has 22 heavy (non-hydrogen) atoms. The summed E-state index contributed by atoms with van der Waals surface area (Å²) in [6, 6.07) is 10.8.